The van der Waals surface area contributed by atoms with Gasteiger partial charge in [0, 0.05) is 25.2 Å². The lowest BCUT2D eigenvalue weighted by Crippen LogP contribution is -2.49. The molecular weight excluding hydrogens is 469 g/mol. The molecule has 4 atom stereocenters. The number of carbonyl (C=O) groups excluding carboxylic acids is 1. The van der Waals surface area contributed by atoms with Crippen LogP contribution in [0.3, 0.4) is 0 Å². The van der Waals surface area contributed by atoms with Crippen molar-refractivity contribution < 1.29 is 40.3 Å². The number of ether oxygens (including phenoxy) is 1. The molecule has 1 aliphatic heterocycles. The van der Waals surface area contributed by atoms with Gasteiger partial charge < -0.3 is 15.4 Å². The summed E-state index contributed by atoms with van der Waals surface area (Å²) in [5, 5.41) is 5.83. The first kappa shape index (κ1) is 26.7. The predicted octanol–water partition coefficient (Wildman–Crippen LogP) is 5.25. The van der Waals surface area contributed by atoms with Crippen molar-refractivity contribution in [2.24, 2.45) is 11.3 Å². The molecule has 3 rings (SSSR count). The van der Waals surface area contributed by atoms with E-state index in [9.17, 15) is 35.5 Å². The van der Waals surface area contributed by atoms with E-state index in [1.807, 2.05) is 13.8 Å². The Labute approximate surface area is 193 Å². The van der Waals surface area contributed by atoms with E-state index in [1.165, 1.54) is 0 Å². The van der Waals surface area contributed by atoms with Gasteiger partial charge in [0.25, 0.3) is 0 Å². The summed E-state index contributed by atoms with van der Waals surface area (Å²) in [6, 6.07) is 0.782. The van der Waals surface area contributed by atoms with Crippen LogP contribution in [0.25, 0.3) is 0 Å². The molecule has 0 bridgehead atoms. The Balaban J connectivity index is 1.72. The lowest BCUT2D eigenvalue weighted by Gasteiger charge is -2.34. The van der Waals surface area contributed by atoms with Crippen LogP contribution < -0.4 is 10.6 Å². The maximum atomic E-state index is 14.1. The van der Waals surface area contributed by atoms with Gasteiger partial charge >= 0.3 is 12.4 Å². The number of hydrogen-bond acceptors (Lipinski definition) is 3. The molecule has 1 amide bonds. The van der Waals surface area contributed by atoms with Crippen LogP contribution in [0.4, 0.5) is 30.7 Å². The van der Waals surface area contributed by atoms with Crippen LogP contribution in [-0.2, 0) is 28.4 Å². The van der Waals surface area contributed by atoms with Gasteiger partial charge in [-0.25, -0.2) is 4.39 Å². The van der Waals surface area contributed by atoms with E-state index in [0.29, 0.717) is 44.4 Å². The molecule has 34 heavy (non-hydrogen) atoms. The highest BCUT2D eigenvalue weighted by Crippen LogP contribution is 2.45. The van der Waals surface area contributed by atoms with Crippen LogP contribution in [0.1, 0.15) is 56.2 Å². The third-order valence-electron chi connectivity index (χ3n) is 6.94. The Morgan fingerprint density at radius 1 is 1.09 bits per heavy atom. The Bertz CT molecular complexity index is 840. The fourth-order valence-electron chi connectivity index (χ4n) is 4.88. The van der Waals surface area contributed by atoms with Gasteiger partial charge in [-0.3, -0.25) is 4.79 Å². The zero-order valence-electron chi connectivity index (χ0n) is 19.0. The molecule has 1 aliphatic carbocycles. The average Bonchev–Trinajstić information content (AvgIpc) is 3.17. The molecule has 192 valence electrons. The van der Waals surface area contributed by atoms with Crippen molar-refractivity contribution in [2.75, 3.05) is 13.2 Å². The standard InChI is InChI=1S/C23H29F7N2O2/c1-13(2)21(5-3-17(10-21)32-19-4-6-34-12-18(19)24)20(33)31-11-14-7-15(22(25,26)27)9-16(8-14)23(28,29)30/h7-9,13,17-19,32H,3-6,10-12H2,1-2H3,(H,31,33)/t17-,18?,19?,21+/m1/s1. The lowest BCUT2D eigenvalue weighted by atomic mass is 9.74. The van der Waals surface area contributed by atoms with Crippen molar-refractivity contribution in [2.45, 2.75) is 76.7 Å². The number of nitrogens with one attached hydrogen (secondary N) is 2. The molecule has 2 aliphatic rings. The first-order valence-corrected chi connectivity index (χ1v) is 11.3. The van der Waals surface area contributed by atoms with Gasteiger partial charge in [0.2, 0.25) is 5.91 Å². The molecule has 0 aromatic heterocycles. The highest BCUT2D eigenvalue weighted by Gasteiger charge is 2.48. The van der Waals surface area contributed by atoms with Crippen LogP contribution in [0, 0.1) is 11.3 Å². The average molecular weight is 498 g/mol. The Morgan fingerprint density at radius 3 is 2.24 bits per heavy atom. The predicted molar refractivity (Wildman–Crippen MR) is 110 cm³/mol. The second-order valence-corrected chi connectivity index (χ2v) is 9.50. The largest absolute Gasteiger partial charge is 0.416 e. The monoisotopic (exact) mass is 498 g/mol. The molecule has 1 aromatic carbocycles. The zero-order chi connectivity index (χ0) is 25.3. The van der Waals surface area contributed by atoms with Crippen LogP contribution in [0.15, 0.2) is 18.2 Å². The topological polar surface area (TPSA) is 50.4 Å². The SMILES string of the molecule is CC(C)[C@]1(C(=O)NCc2cc(C(F)(F)F)cc(C(F)(F)F)c2)CC[C@@H](NC2CCOCC2F)C1. The molecule has 2 fully saturated rings. The second kappa shape index (κ2) is 10.0. The number of halogens is 7. The lowest BCUT2D eigenvalue weighted by molar-refractivity contribution is -0.143. The summed E-state index contributed by atoms with van der Waals surface area (Å²) in [6.45, 7) is 3.68. The van der Waals surface area contributed by atoms with Gasteiger partial charge in [0.05, 0.1) is 23.1 Å². The smallest absolute Gasteiger partial charge is 0.378 e. The third-order valence-corrected chi connectivity index (χ3v) is 6.94. The van der Waals surface area contributed by atoms with Gasteiger partial charge in [-0.15, -0.1) is 0 Å². The van der Waals surface area contributed by atoms with Crippen LogP contribution in [0.5, 0.6) is 0 Å². The molecule has 0 radical (unpaired) electrons. The number of rotatable bonds is 6. The summed E-state index contributed by atoms with van der Waals surface area (Å²) in [5.74, 6) is -0.566. The highest BCUT2D eigenvalue weighted by molar-refractivity contribution is 5.83. The van der Waals surface area contributed by atoms with Crippen molar-refractivity contribution >= 4 is 5.91 Å². The maximum absolute atomic E-state index is 14.1. The summed E-state index contributed by atoms with van der Waals surface area (Å²) in [4.78, 5) is 13.2. The summed E-state index contributed by atoms with van der Waals surface area (Å²) >= 11 is 0. The number of benzene rings is 1. The molecular formula is C23H29F7N2O2. The van der Waals surface area contributed by atoms with Gasteiger partial charge in [-0.05, 0) is 55.4 Å². The summed E-state index contributed by atoms with van der Waals surface area (Å²) < 4.78 is 97.9. The minimum Gasteiger partial charge on any atom is -0.378 e. The molecule has 1 saturated carbocycles. The van der Waals surface area contributed by atoms with E-state index in [-0.39, 0.29) is 36.2 Å². The maximum Gasteiger partial charge on any atom is 0.416 e. The normalized spacial score (nSPS) is 28.4. The summed E-state index contributed by atoms with van der Waals surface area (Å²) in [7, 11) is 0. The van der Waals surface area contributed by atoms with Crippen molar-refractivity contribution in [3.05, 3.63) is 34.9 Å². The van der Waals surface area contributed by atoms with E-state index < -0.39 is 47.5 Å². The van der Waals surface area contributed by atoms with Gasteiger partial charge in [-0.1, -0.05) is 13.8 Å². The number of carbonyl (C=O) groups is 1. The summed E-state index contributed by atoms with van der Waals surface area (Å²) in [5.41, 5.74) is -3.99. The molecule has 1 heterocycles. The fourth-order valence-corrected chi connectivity index (χ4v) is 4.88. The molecule has 2 N–H and O–H groups in total. The number of hydrogen-bond donors (Lipinski definition) is 2. The minimum absolute atomic E-state index is 0.0110. The van der Waals surface area contributed by atoms with E-state index in [0.717, 1.165) is 0 Å². The van der Waals surface area contributed by atoms with E-state index in [4.69, 9.17) is 4.74 Å². The minimum atomic E-state index is -4.96. The number of alkyl halides is 7. The first-order valence-electron chi connectivity index (χ1n) is 11.3. The zero-order valence-corrected chi connectivity index (χ0v) is 19.0. The Hall–Kier alpha value is -1.88. The van der Waals surface area contributed by atoms with Crippen LogP contribution in [-0.4, -0.2) is 37.4 Å². The Morgan fingerprint density at radius 2 is 1.71 bits per heavy atom. The van der Waals surface area contributed by atoms with Gasteiger partial charge in [-0.2, -0.15) is 26.3 Å². The van der Waals surface area contributed by atoms with E-state index >= 15 is 0 Å². The van der Waals surface area contributed by atoms with Crippen molar-refractivity contribution in [1.29, 1.82) is 0 Å². The second-order valence-electron chi connectivity index (χ2n) is 9.50. The third kappa shape index (κ3) is 6.02. The van der Waals surface area contributed by atoms with Gasteiger partial charge in [0.1, 0.15) is 6.17 Å². The van der Waals surface area contributed by atoms with E-state index in [2.05, 4.69) is 10.6 Å². The molecule has 11 heteroatoms. The molecule has 4 nitrogen and oxygen atoms in total. The fraction of sp³-hybridized carbons (Fsp3) is 0.696. The molecule has 1 saturated heterocycles. The summed E-state index contributed by atoms with van der Waals surface area (Å²) in [6.07, 6.45) is -9.07. The number of amides is 1. The van der Waals surface area contributed by atoms with Crippen molar-refractivity contribution in [3.8, 4) is 0 Å². The Kier molecular flexibility index (Phi) is 7.86. The van der Waals surface area contributed by atoms with E-state index in [1.54, 1.807) is 0 Å². The van der Waals surface area contributed by atoms with Gasteiger partial charge in [0.15, 0.2) is 0 Å². The van der Waals surface area contributed by atoms with Crippen LogP contribution in [0.2, 0.25) is 0 Å². The van der Waals surface area contributed by atoms with Crippen molar-refractivity contribution in [3.63, 3.8) is 0 Å². The first-order chi connectivity index (χ1) is 15.7. The quantitative estimate of drug-likeness (QED) is 0.527. The molecule has 1 aromatic rings. The molecule has 2 unspecified atom stereocenters. The van der Waals surface area contributed by atoms with Crippen LogP contribution >= 0.6 is 0 Å². The highest BCUT2D eigenvalue weighted by atomic mass is 19.4. The molecule has 0 spiro atoms. The van der Waals surface area contributed by atoms with Crippen molar-refractivity contribution in [1.82, 2.24) is 10.6 Å².